The van der Waals surface area contributed by atoms with Gasteiger partial charge in [0.2, 0.25) is 0 Å². The minimum absolute atomic E-state index is 0.391. The van der Waals surface area contributed by atoms with Gasteiger partial charge in [-0.05, 0) is 34.8 Å². The zero-order valence-electron chi connectivity index (χ0n) is 8.24. The Morgan fingerprint density at radius 1 is 1.50 bits per heavy atom. The SMILES string of the molecule is O=C(NC1(C(=O)O)CC1)c1ccncc1Br. The van der Waals surface area contributed by atoms with Crippen molar-refractivity contribution in [2.24, 2.45) is 0 Å². The van der Waals surface area contributed by atoms with Gasteiger partial charge >= 0.3 is 5.97 Å². The molecule has 84 valence electrons. The number of halogens is 1. The molecular weight excluding hydrogens is 276 g/mol. The number of aromatic nitrogens is 1. The molecule has 6 heteroatoms. The van der Waals surface area contributed by atoms with Crippen molar-refractivity contribution in [1.82, 2.24) is 10.3 Å². The van der Waals surface area contributed by atoms with Crippen LogP contribution in [0.25, 0.3) is 0 Å². The molecular formula is C10H9BrN2O3. The van der Waals surface area contributed by atoms with Crippen molar-refractivity contribution < 1.29 is 14.7 Å². The van der Waals surface area contributed by atoms with Gasteiger partial charge in [0.25, 0.3) is 5.91 Å². The fourth-order valence-corrected chi connectivity index (χ4v) is 1.79. The average molecular weight is 285 g/mol. The summed E-state index contributed by atoms with van der Waals surface area (Å²) in [6.07, 6.45) is 3.95. The zero-order valence-corrected chi connectivity index (χ0v) is 9.82. The van der Waals surface area contributed by atoms with Crippen molar-refractivity contribution in [2.45, 2.75) is 18.4 Å². The van der Waals surface area contributed by atoms with Crippen LogP contribution in [0.3, 0.4) is 0 Å². The second-order valence-corrected chi connectivity index (χ2v) is 4.55. The van der Waals surface area contributed by atoms with E-state index in [1.54, 1.807) is 0 Å². The number of carboxylic acids is 1. The Morgan fingerprint density at radius 3 is 2.69 bits per heavy atom. The Labute approximate surface area is 100 Å². The molecule has 1 aliphatic carbocycles. The first-order valence-corrected chi connectivity index (χ1v) is 5.50. The monoisotopic (exact) mass is 284 g/mol. The Hall–Kier alpha value is -1.43. The molecule has 1 fully saturated rings. The van der Waals surface area contributed by atoms with Crippen LogP contribution in [-0.2, 0) is 4.79 Å². The van der Waals surface area contributed by atoms with Gasteiger partial charge in [0.05, 0.1) is 5.56 Å². The van der Waals surface area contributed by atoms with E-state index in [9.17, 15) is 9.59 Å². The van der Waals surface area contributed by atoms with Gasteiger partial charge in [-0.25, -0.2) is 4.79 Å². The summed E-state index contributed by atoms with van der Waals surface area (Å²) in [6.45, 7) is 0. The van der Waals surface area contributed by atoms with Gasteiger partial charge < -0.3 is 10.4 Å². The summed E-state index contributed by atoms with van der Waals surface area (Å²) in [5, 5.41) is 11.5. The van der Waals surface area contributed by atoms with E-state index in [4.69, 9.17) is 5.11 Å². The highest BCUT2D eigenvalue weighted by Gasteiger charge is 2.51. The molecule has 1 aliphatic rings. The van der Waals surface area contributed by atoms with Crippen LogP contribution in [-0.4, -0.2) is 27.5 Å². The minimum Gasteiger partial charge on any atom is -0.480 e. The van der Waals surface area contributed by atoms with Gasteiger partial charge in [-0.3, -0.25) is 9.78 Å². The smallest absolute Gasteiger partial charge is 0.329 e. The molecule has 0 saturated heterocycles. The fourth-order valence-electron chi connectivity index (χ4n) is 1.36. The van der Waals surface area contributed by atoms with E-state index in [1.165, 1.54) is 18.5 Å². The first-order chi connectivity index (χ1) is 7.55. The van der Waals surface area contributed by atoms with Crippen molar-refractivity contribution >= 4 is 27.8 Å². The van der Waals surface area contributed by atoms with Gasteiger partial charge in [0.1, 0.15) is 5.54 Å². The third-order valence-electron chi connectivity index (χ3n) is 2.53. The van der Waals surface area contributed by atoms with Crippen molar-refractivity contribution in [2.75, 3.05) is 0 Å². The fraction of sp³-hybridized carbons (Fsp3) is 0.300. The number of carbonyl (C=O) groups is 2. The summed E-state index contributed by atoms with van der Waals surface area (Å²) in [4.78, 5) is 26.5. The Kier molecular flexibility index (Phi) is 2.67. The van der Waals surface area contributed by atoms with E-state index >= 15 is 0 Å². The summed E-state index contributed by atoms with van der Waals surface area (Å²) in [5.41, 5.74) is -0.665. The molecule has 1 aromatic heterocycles. The number of pyridine rings is 1. The molecule has 1 saturated carbocycles. The zero-order chi connectivity index (χ0) is 11.8. The first-order valence-electron chi connectivity index (χ1n) is 4.71. The highest BCUT2D eigenvalue weighted by molar-refractivity contribution is 9.10. The second-order valence-electron chi connectivity index (χ2n) is 3.70. The summed E-state index contributed by atoms with van der Waals surface area (Å²) in [7, 11) is 0. The maximum atomic E-state index is 11.8. The molecule has 16 heavy (non-hydrogen) atoms. The first kappa shape index (κ1) is 11.1. The van der Waals surface area contributed by atoms with Crippen LogP contribution >= 0.6 is 15.9 Å². The van der Waals surface area contributed by atoms with E-state index in [0.717, 1.165) is 0 Å². The Balaban J connectivity index is 2.16. The minimum atomic E-state index is -1.06. The van der Waals surface area contributed by atoms with Crippen LogP contribution in [0.1, 0.15) is 23.2 Å². The molecule has 0 spiro atoms. The summed E-state index contributed by atoms with van der Waals surface area (Å²) < 4.78 is 0.550. The van der Waals surface area contributed by atoms with E-state index in [1.807, 2.05) is 0 Å². The van der Waals surface area contributed by atoms with Crippen LogP contribution < -0.4 is 5.32 Å². The van der Waals surface area contributed by atoms with Gasteiger partial charge in [0, 0.05) is 16.9 Å². The second kappa shape index (κ2) is 3.86. The quantitative estimate of drug-likeness (QED) is 0.874. The van der Waals surface area contributed by atoms with Gasteiger partial charge in [-0.15, -0.1) is 0 Å². The predicted octanol–water partition coefficient (Wildman–Crippen LogP) is 1.19. The molecule has 1 aromatic rings. The van der Waals surface area contributed by atoms with Crippen LogP contribution in [0.2, 0.25) is 0 Å². The molecule has 1 amide bonds. The molecule has 0 bridgehead atoms. The number of hydrogen-bond donors (Lipinski definition) is 2. The number of rotatable bonds is 3. The maximum absolute atomic E-state index is 11.8. The Bertz CT molecular complexity index is 457. The topological polar surface area (TPSA) is 79.3 Å². The van der Waals surface area contributed by atoms with Crippen LogP contribution in [0.5, 0.6) is 0 Å². The van der Waals surface area contributed by atoms with Crippen molar-refractivity contribution in [1.29, 1.82) is 0 Å². The molecule has 2 N–H and O–H groups in total. The third kappa shape index (κ3) is 1.92. The molecule has 0 aliphatic heterocycles. The van der Waals surface area contributed by atoms with Crippen LogP contribution in [0, 0.1) is 0 Å². The normalized spacial score (nSPS) is 16.6. The number of amides is 1. The van der Waals surface area contributed by atoms with Crippen molar-refractivity contribution in [3.8, 4) is 0 Å². The molecule has 1 heterocycles. The number of hydrogen-bond acceptors (Lipinski definition) is 3. The van der Waals surface area contributed by atoms with Gasteiger partial charge in [0.15, 0.2) is 0 Å². The number of aliphatic carboxylic acids is 1. The molecule has 0 atom stereocenters. The summed E-state index contributed by atoms with van der Waals surface area (Å²) in [6, 6.07) is 1.54. The van der Waals surface area contributed by atoms with E-state index in [-0.39, 0.29) is 0 Å². The largest absolute Gasteiger partial charge is 0.480 e. The summed E-state index contributed by atoms with van der Waals surface area (Å²) >= 11 is 3.19. The highest BCUT2D eigenvalue weighted by Crippen LogP contribution is 2.36. The number of carbonyl (C=O) groups excluding carboxylic acids is 1. The maximum Gasteiger partial charge on any atom is 0.329 e. The molecule has 0 radical (unpaired) electrons. The standard InChI is InChI=1S/C10H9BrN2O3/c11-7-5-12-4-1-6(7)8(14)13-10(2-3-10)9(15)16/h1,4-5H,2-3H2,(H,13,14)(H,15,16). The number of carboxylic acid groups (broad SMARTS) is 1. The lowest BCUT2D eigenvalue weighted by Crippen LogP contribution is -2.43. The average Bonchev–Trinajstić information content (AvgIpc) is 2.99. The van der Waals surface area contributed by atoms with E-state index < -0.39 is 17.4 Å². The summed E-state index contributed by atoms with van der Waals surface area (Å²) in [5.74, 6) is -1.37. The molecule has 0 aromatic carbocycles. The van der Waals surface area contributed by atoms with E-state index in [2.05, 4.69) is 26.2 Å². The molecule has 5 nitrogen and oxygen atoms in total. The predicted molar refractivity (Wildman–Crippen MR) is 59.0 cm³/mol. The molecule has 0 unspecified atom stereocenters. The molecule has 2 rings (SSSR count). The van der Waals surface area contributed by atoms with Gasteiger partial charge in [-0.1, -0.05) is 0 Å². The van der Waals surface area contributed by atoms with Crippen LogP contribution in [0.15, 0.2) is 22.9 Å². The van der Waals surface area contributed by atoms with E-state index in [0.29, 0.717) is 22.9 Å². The lowest BCUT2D eigenvalue weighted by molar-refractivity contribution is -0.140. The van der Waals surface area contributed by atoms with Crippen LogP contribution in [0.4, 0.5) is 0 Å². The Morgan fingerprint density at radius 2 is 2.19 bits per heavy atom. The lowest BCUT2D eigenvalue weighted by atomic mass is 10.2. The van der Waals surface area contributed by atoms with Gasteiger partial charge in [-0.2, -0.15) is 0 Å². The number of nitrogens with zero attached hydrogens (tertiary/aromatic N) is 1. The highest BCUT2D eigenvalue weighted by atomic mass is 79.9. The van der Waals surface area contributed by atoms with Crippen molar-refractivity contribution in [3.63, 3.8) is 0 Å². The third-order valence-corrected chi connectivity index (χ3v) is 3.16. The lowest BCUT2D eigenvalue weighted by Gasteiger charge is -2.12. The number of nitrogens with one attached hydrogen (secondary N) is 1. The van der Waals surface area contributed by atoms with Crippen molar-refractivity contribution in [3.05, 3.63) is 28.5 Å².